The van der Waals surface area contributed by atoms with Gasteiger partial charge in [-0.25, -0.2) is 0 Å². The number of hydrogen-bond donors (Lipinski definition) is 1. The van der Waals surface area contributed by atoms with Crippen LogP contribution in [-0.2, 0) is 9.53 Å². The van der Waals surface area contributed by atoms with Crippen LogP contribution in [-0.4, -0.2) is 18.1 Å². The van der Waals surface area contributed by atoms with Crippen molar-refractivity contribution in [2.45, 2.75) is 58.1 Å². The normalized spacial score (nSPS) is 34.4. The molecule has 3 nitrogen and oxygen atoms in total. The van der Waals surface area contributed by atoms with Gasteiger partial charge in [-0.15, -0.1) is 0 Å². The number of nitrogens with two attached hydrogens (primary N) is 1. The Hall–Kier alpha value is -0.570. The largest absolute Gasteiger partial charge is 0.461 e. The summed E-state index contributed by atoms with van der Waals surface area (Å²) in [6.07, 6.45) is 5.58. The molecule has 0 saturated heterocycles. The summed E-state index contributed by atoms with van der Waals surface area (Å²) in [5.41, 5.74) is 5.81. The molecule has 2 aliphatic rings. The molecule has 0 heterocycles. The second-order valence-electron chi connectivity index (χ2n) is 5.86. The third-order valence-corrected chi connectivity index (χ3v) is 3.81. The van der Waals surface area contributed by atoms with E-state index in [9.17, 15) is 4.79 Å². The standard InChI is InChI=1S/C13H23NO2/c1-8(2)5-12(14)13(15)16-11-4-3-9-6-10(9)7-11/h8-12H,3-7,14H2,1-2H3/t9?,10?,11?,12-/m0/s1. The zero-order valence-corrected chi connectivity index (χ0v) is 10.3. The highest BCUT2D eigenvalue weighted by molar-refractivity contribution is 5.75. The van der Waals surface area contributed by atoms with Crippen molar-refractivity contribution >= 4 is 5.97 Å². The van der Waals surface area contributed by atoms with Crippen molar-refractivity contribution in [3.05, 3.63) is 0 Å². The number of ether oxygens (including phenoxy) is 1. The van der Waals surface area contributed by atoms with Crippen LogP contribution in [0, 0.1) is 17.8 Å². The molecular weight excluding hydrogens is 202 g/mol. The lowest BCUT2D eigenvalue weighted by molar-refractivity contribution is -0.152. The van der Waals surface area contributed by atoms with Crippen molar-refractivity contribution in [2.75, 3.05) is 0 Å². The van der Waals surface area contributed by atoms with Crippen LogP contribution in [0.15, 0.2) is 0 Å². The maximum atomic E-state index is 11.7. The van der Waals surface area contributed by atoms with Crippen molar-refractivity contribution in [3.8, 4) is 0 Å². The Balaban J connectivity index is 1.73. The minimum Gasteiger partial charge on any atom is -0.461 e. The molecule has 92 valence electrons. The number of rotatable bonds is 4. The lowest BCUT2D eigenvalue weighted by Gasteiger charge is -2.23. The monoisotopic (exact) mass is 225 g/mol. The molecule has 0 aromatic rings. The summed E-state index contributed by atoms with van der Waals surface area (Å²) in [7, 11) is 0. The van der Waals surface area contributed by atoms with Gasteiger partial charge in [-0.05, 0) is 49.9 Å². The molecule has 2 N–H and O–H groups in total. The van der Waals surface area contributed by atoms with E-state index in [1.54, 1.807) is 0 Å². The fraction of sp³-hybridized carbons (Fsp3) is 0.923. The average molecular weight is 225 g/mol. The highest BCUT2D eigenvalue weighted by atomic mass is 16.5. The van der Waals surface area contributed by atoms with Crippen molar-refractivity contribution in [3.63, 3.8) is 0 Å². The third kappa shape index (κ3) is 2.97. The first kappa shape index (κ1) is 11.9. The fourth-order valence-electron chi connectivity index (χ4n) is 2.77. The number of esters is 1. The van der Waals surface area contributed by atoms with Gasteiger partial charge in [-0.2, -0.15) is 0 Å². The van der Waals surface area contributed by atoms with E-state index in [-0.39, 0.29) is 12.1 Å². The van der Waals surface area contributed by atoms with Gasteiger partial charge in [0.1, 0.15) is 12.1 Å². The molecule has 2 fully saturated rings. The molecule has 16 heavy (non-hydrogen) atoms. The number of hydrogen-bond acceptors (Lipinski definition) is 3. The highest BCUT2D eigenvalue weighted by Crippen LogP contribution is 2.50. The minimum absolute atomic E-state index is 0.148. The molecule has 2 aliphatic carbocycles. The smallest absolute Gasteiger partial charge is 0.323 e. The fourth-order valence-corrected chi connectivity index (χ4v) is 2.77. The molecule has 0 spiro atoms. The van der Waals surface area contributed by atoms with E-state index in [0.717, 1.165) is 31.1 Å². The quantitative estimate of drug-likeness (QED) is 0.745. The maximum absolute atomic E-state index is 11.7. The van der Waals surface area contributed by atoms with E-state index in [4.69, 9.17) is 10.5 Å². The number of carbonyl (C=O) groups is 1. The Morgan fingerprint density at radius 1 is 1.31 bits per heavy atom. The average Bonchev–Trinajstić information content (AvgIpc) is 2.94. The summed E-state index contributed by atoms with van der Waals surface area (Å²) in [5.74, 6) is 2.03. The van der Waals surface area contributed by atoms with Gasteiger partial charge in [-0.3, -0.25) is 4.79 Å². The molecule has 0 aromatic heterocycles. The van der Waals surface area contributed by atoms with Crippen LogP contribution in [0.5, 0.6) is 0 Å². The van der Waals surface area contributed by atoms with Crippen LogP contribution in [0.3, 0.4) is 0 Å². The molecule has 0 aromatic carbocycles. The molecule has 3 unspecified atom stereocenters. The van der Waals surface area contributed by atoms with Crippen molar-refractivity contribution in [1.82, 2.24) is 0 Å². The highest BCUT2D eigenvalue weighted by Gasteiger charge is 2.43. The zero-order chi connectivity index (χ0) is 11.7. The first-order valence-electron chi connectivity index (χ1n) is 6.52. The van der Waals surface area contributed by atoms with Gasteiger partial charge < -0.3 is 10.5 Å². The van der Waals surface area contributed by atoms with Gasteiger partial charge in [0.15, 0.2) is 0 Å². The van der Waals surface area contributed by atoms with Crippen molar-refractivity contribution < 1.29 is 9.53 Å². The lowest BCUT2D eigenvalue weighted by atomic mass is 9.97. The van der Waals surface area contributed by atoms with E-state index in [0.29, 0.717) is 5.92 Å². The first-order chi connectivity index (χ1) is 7.56. The summed E-state index contributed by atoms with van der Waals surface area (Å²) < 4.78 is 5.49. The van der Waals surface area contributed by atoms with Crippen molar-refractivity contribution in [1.29, 1.82) is 0 Å². The summed E-state index contributed by atoms with van der Waals surface area (Å²) >= 11 is 0. The van der Waals surface area contributed by atoms with Gasteiger partial charge in [0.25, 0.3) is 0 Å². The lowest BCUT2D eigenvalue weighted by Crippen LogP contribution is -2.36. The molecule has 0 bridgehead atoms. The van der Waals surface area contributed by atoms with E-state index >= 15 is 0 Å². The molecule has 2 rings (SSSR count). The van der Waals surface area contributed by atoms with E-state index in [1.165, 1.54) is 12.8 Å². The Kier molecular flexibility index (Phi) is 3.53. The molecule has 2 saturated carbocycles. The topological polar surface area (TPSA) is 52.3 Å². The Labute approximate surface area is 97.7 Å². The molecular formula is C13H23NO2. The first-order valence-corrected chi connectivity index (χ1v) is 6.52. The van der Waals surface area contributed by atoms with Gasteiger partial charge in [0.05, 0.1) is 0 Å². The third-order valence-electron chi connectivity index (χ3n) is 3.81. The van der Waals surface area contributed by atoms with Crippen LogP contribution < -0.4 is 5.73 Å². The Morgan fingerprint density at radius 3 is 2.69 bits per heavy atom. The summed E-state index contributed by atoms with van der Waals surface area (Å²) in [4.78, 5) is 11.7. The maximum Gasteiger partial charge on any atom is 0.323 e. The Bertz CT molecular complexity index is 265. The van der Waals surface area contributed by atoms with Gasteiger partial charge in [-0.1, -0.05) is 13.8 Å². The molecule has 0 aliphatic heterocycles. The van der Waals surface area contributed by atoms with E-state index in [1.807, 2.05) is 0 Å². The van der Waals surface area contributed by atoms with Crippen molar-refractivity contribution in [2.24, 2.45) is 23.5 Å². The van der Waals surface area contributed by atoms with E-state index in [2.05, 4.69) is 13.8 Å². The van der Waals surface area contributed by atoms with Crippen LogP contribution in [0.2, 0.25) is 0 Å². The minimum atomic E-state index is -0.433. The predicted octanol–water partition coefficient (Wildman–Crippen LogP) is 2.09. The van der Waals surface area contributed by atoms with Crippen LogP contribution in [0.1, 0.15) is 46.0 Å². The van der Waals surface area contributed by atoms with Crippen LogP contribution >= 0.6 is 0 Å². The Morgan fingerprint density at radius 2 is 2.06 bits per heavy atom. The molecule has 4 atom stereocenters. The van der Waals surface area contributed by atoms with Crippen LogP contribution in [0.4, 0.5) is 0 Å². The second-order valence-corrected chi connectivity index (χ2v) is 5.86. The van der Waals surface area contributed by atoms with Gasteiger partial charge in [0.2, 0.25) is 0 Å². The molecule has 0 amide bonds. The molecule has 0 radical (unpaired) electrons. The summed E-state index contributed by atoms with van der Waals surface area (Å²) in [5, 5.41) is 0. The zero-order valence-electron chi connectivity index (χ0n) is 10.3. The molecule has 3 heteroatoms. The van der Waals surface area contributed by atoms with Gasteiger partial charge in [0, 0.05) is 0 Å². The summed E-state index contributed by atoms with van der Waals surface area (Å²) in [6.45, 7) is 4.14. The van der Waals surface area contributed by atoms with Gasteiger partial charge >= 0.3 is 5.97 Å². The number of carbonyl (C=O) groups excluding carboxylic acids is 1. The van der Waals surface area contributed by atoms with E-state index < -0.39 is 6.04 Å². The SMILES string of the molecule is CC(C)C[C@H](N)C(=O)OC1CCC2CC2C1. The second kappa shape index (κ2) is 4.74. The number of fused-ring (bicyclic) bond motifs is 1. The summed E-state index contributed by atoms with van der Waals surface area (Å²) in [6, 6.07) is -0.433. The predicted molar refractivity (Wildman–Crippen MR) is 62.8 cm³/mol. The van der Waals surface area contributed by atoms with Crippen LogP contribution in [0.25, 0.3) is 0 Å².